The maximum Gasteiger partial charge on any atom is 0.267 e. The normalized spacial score (nSPS) is 18.9. The van der Waals surface area contributed by atoms with Crippen molar-refractivity contribution in [3.63, 3.8) is 0 Å². The summed E-state index contributed by atoms with van der Waals surface area (Å²) < 4.78 is 19.8. The van der Waals surface area contributed by atoms with Crippen LogP contribution in [-0.4, -0.2) is 53.8 Å². The van der Waals surface area contributed by atoms with Gasteiger partial charge < -0.3 is 20.5 Å². The third-order valence-corrected chi connectivity index (χ3v) is 5.63. The third kappa shape index (κ3) is 4.98. The van der Waals surface area contributed by atoms with E-state index in [-0.39, 0.29) is 22.9 Å². The number of carbonyl (C=O) groups excluding carboxylic acids is 1. The second-order valence-electron chi connectivity index (χ2n) is 8.26. The van der Waals surface area contributed by atoms with Gasteiger partial charge in [-0.25, -0.2) is 9.37 Å². The van der Waals surface area contributed by atoms with Gasteiger partial charge >= 0.3 is 0 Å². The van der Waals surface area contributed by atoms with Crippen molar-refractivity contribution in [2.45, 2.75) is 25.4 Å². The molecule has 2 heterocycles. The number of likely N-dealkylation sites (N-methyl/N-ethyl adjacent to an activating group) is 1. The highest BCUT2D eigenvalue weighted by atomic mass is 19.1. The van der Waals surface area contributed by atoms with Crippen molar-refractivity contribution in [2.75, 3.05) is 27.3 Å². The SMILES string of the molecule is C=C1N(C)CC[C@@]1(O)C#Cc1ccc(F)c(-c2ccc(C[C@@H](C)COC)c(C(N)=O)n2)c1. The number of ether oxygens (including phenoxy) is 1. The molecule has 0 aliphatic carbocycles. The van der Waals surface area contributed by atoms with Crippen molar-refractivity contribution in [3.8, 4) is 23.1 Å². The molecule has 2 atom stereocenters. The van der Waals surface area contributed by atoms with Gasteiger partial charge in [0.05, 0.1) is 11.4 Å². The van der Waals surface area contributed by atoms with Gasteiger partial charge in [-0.15, -0.1) is 0 Å². The van der Waals surface area contributed by atoms with Crippen LogP contribution in [0.15, 0.2) is 42.6 Å². The molecule has 1 amide bonds. The number of primary amides is 1. The Bertz CT molecular complexity index is 1110. The van der Waals surface area contributed by atoms with Crippen LogP contribution in [0.25, 0.3) is 11.3 Å². The quantitative estimate of drug-likeness (QED) is 0.679. The molecule has 7 heteroatoms. The smallest absolute Gasteiger partial charge is 0.267 e. The molecular formula is C25H28FN3O3. The van der Waals surface area contributed by atoms with Gasteiger partial charge in [-0.2, -0.15) is 0 Å². The number of nitrogens with zero attached hydrogens (tertiary/aromatic N) is 2. The predicted molar refractivity (Wildman–Crippen MR) is 121 cm³/mol. The lowest BCUT2D eigenvalue weighted by Gasteiger charge is -2.19. The Morgan fingerprint density at radius 1 is 1.44 bits per heavy atom. The number of benzene rings is 1. The lowest BCUT2D eigenvalue weighted by atomic mass is 9.98. The van der Waals surface area contributed by atoms with Gasteiger partial charge in [0.15, 0.2) is 5.60 Å². The molecule has 1 aliphatic heterocycles. The molecule has 0 spiro atoms. The standard InChI is InChI=1S/C25H28FN3O3/c1-16(15-32-4)13-19-6-8-22(28-23(19)24(27)30)20-14-18(5-7-21(20)26)9-10-25(31)11-12-29(3)17(25)2/h5-8,14,16,31H,2,11-13,15H2,1,3-4H3,(H2,27,30)/t16-,25+/m1/s1. The van der Waals surface area contributed by atoms with Crippen LogP contribution in [0.3, 0.4) is 0 Å². The first kappa shape index (κ1) is 23.5. The molecule has 0 saturated carbocycles. The number of pyridine rings is 1. The molecule has 2 aromatic rings. The number of likely N-dealkylation sites (tertiary alicyclic amines) is 1. The molecule has 168 valence electrons. The maximum absolute atomic E-state index is 14.6. The Morgan fingerprint density at radius 2 is 2.19 bits per heavy atom. The molecule has 32 heavy (non-hydrogen) atoms. The number of hydrogen-bond acceptors (Lipinski definition) is 5. The van der Waals surface area contributed by atoms with E-state index in [4.69, 9.17) is 10.5 Å². The minimum absolute atomic E-state index is 0.112. The van der Waals surface area contributed by atoms with Crippen LogP contribution in [-0.2, 0) is 11.2 Å². The molecule has 1 fully saturated rings. The van der Waals surface area contributed by atoms with E-state index in [0.29, 0.717) is 42.8 Å². The van der Waals surface area contributed by atoms with E-state index in [1.54, 1.807) is 25.3 Å². The van der Waals surface area contributed by atoms with Crippen LogP contribution in [0.2, 0.25) is 0 Å². The summed E-state index contributed by atoms with van der Waals surface area (Å²) in [5, 5.41) is 10.7. The molecule has 6 nitrogen and oxygen atoms in total. The summed E-state index contributed by atoms with van der Waals surface area (Å²) in [4.78, 5) is 18.2. The molecule has 3 rings (SSSR count). The highest BCUT2D eigenvalue weighted by Crippen LogP contribution is 2.29. The number of aliphatic hydroxyl groups is 1. The largest absolute Gasteiger partial charge is 0.384 e. The number of hydrogen-bond donors (Lipinski definition) is 2. The van der Waals surface area contributed by atoms with Gasteiger partial charge in [-0.3, -0.25) is 4.79 Å². The zero-order chi connectivity index (χ0) is 23.5. The van der Waals surface area contributed by atoms with Crippen LogP contribution in [0.1, 0.15) is 35.0 Å². The van der Waals surface area contributed by atoms with Crippen molar-refractivity contribution in [1.29, 1.82) is 0 Å². The summed E-state index contributed by atoms with van der Waals surface area (Å²) >= 11 is 0. The van der Waals surface area contributed by atoms with Crippen molar-refractivity contribution in [2.24, 2.45) is 11.7 Å². The molecule has 1 aromatic heterocycles. The summed E-state index contributed by atoms with van der Waals surface area (Å²) in [7, 11) is 3.46. The monoisotopic (exact) mass is 437 g/mol. The van der Waals surface area contributed by atoms with Crippen molar-refractivity contribution in [1.82, 2.24) is 9.88 Å². The summed E-state index contributed by atoms with van der Waals surface area (Å²) in [5.41, 5.74) is 6.58. The van der Waals surface area contributed by atoms with Gasteiger partial charge in [-0.1, -0.05) is 31.4 Å². The molecule has 3 N–H and O–H groups in total. The second-order valence-corrected chi connectivity index (χ2v) is 8.26. The number of amides is 1. The summed E-state index contributed by atoms with van der Waals surface area (Å²) in [6.07, 6.45) is 1.01. The maximum atomic E-state index is 14.6. The molecular weight excluding hydrogens is 409 g/mol. The summed E-state index contributed by atoms with van der Waals surface area (Å²) in [5.74, 6) is 4.77. The van der Waals surface area contributed by atoms with E-state index in [1.165, 1.54) is 12.1 Å². The Hall–Kier alpha value is -3.21. The average Bonchev–Trinajstić information content (AvgIpc) is 3.01. The molecule has 1 saturated heterocycles. The number of methoxy groups -OCH3 is 1. The number of aromatic nitrogens is 1. The Morgan fingerprint density at radius 3 is 2.81 bits per heavy atom. The van der Waals surface area contributed by atoms with Crippen LogP contribution >= 0.6 is 0 Å². The number of halogens is 1. The van der Waals surface area contributed by atoms with Gasteiger partial charge in [-0.05, 0) is 42.2 Å². The Labute approximate surface area is 187 Å². The fourth-order valence-corrected chi connectivity index (χ4v) is 3.77. The molecule has 1 aliphatic rings. The van der Waals surface area contributed by atoms with Gasteiger partial charge in [0.2, 0.25) is 0 Å². The van der Waals surface area contributed by atoms with Gasteiger partial charge in [0, 0.05) is 44.9 Å². The van der Waals surface area contributed by atoms with Crippen molar-refractivity contribution in [3.05, 3.63) is 65.2 Å². The highest BCUT2D eigenvalue weighted by Gasteiger charge is 2.36. The van der Waals surface area contributed by atoms with E-state index >= 15 is 0 Å². The first-order chi connectivity index (χ1) is 15.1. The van der Waals surface area contributed by atoms with E-state index in [2.05, 4.69) is 23.4 Å². The molecule has 0 unspecified atom stereocenters. The number of rotatable bonds is 6. The van der Waals surface area contributed by atoms with E-state index in [9.17, 15) is 14.3 Å². The topological polar surface area (TPSA) is 88.7 Å². The fourth-order valence-electron chi connectivity index (χ4n) is 3.77. The van der Waals surface area contributed by atoms with Gasteiger partial charge in [0.1, 0.15) is 11.5 Å². The highest BCUT2D eigenvalue weighted by molar-refractivity contribution is 5.93. The second kappa shape index (κ2) is 9.51. The molecule has 1 aromatic carbocycles. The first-order valence-electron chi connectivity index (χ1n) is 10.4. The van der Waals surface area contributed by atoms with Crippen LogP contribution < -0.4 is 5.73 Å². The lowest BCUT2D eigenvalue weighted by Crippen LogP contribution is -2.26. The Kier molecular flexibility index (Phi) is 6.97. The predicted octanol–water partition coefficient (Wildman–Crippen LogP) is 2.74. The molecule has 0 bridgehead atoms. The molecule has 0 radical (unpaired) electrons. The average molecular weight is 438 g/mol. The Balaban J connectivity index is 1.95. The zero-order valence-corrected chi connectivity index (χ0v) is 18.6. The van der Waals surface area contributed by atoms with E-state index in [1.807, 2.05) is 18.9 Å². The lowest BCUT2D eigenvalue weighted by molar-refractivity contribution is 0.0993. The van der Waals surface area contributed by atoms with E-state index < -0.39 is 17.3 Å². The van der Waals surface area contributed by atoms with Crippen LogP contribution in [0, 0.1) is 23.6 Å². The van der Waals surface area contributed by atoms with Crippen LogP contribution in [0.5, 0.6) is 0 Å². The zero-order valence-electron chi connectivity index (χ0n) is 18.6. The first-order valence-corrected chi connectivity index (χ1v) is 10.4. The fraction of sp³-hybridized carbons (Fsp3) is 0.360. The number of carbonyl (C=O) groups is 1. The minimum Gasteiger partial charge on any atom is -0.384 e. The third-order valence-electron chi connectivity index (χ3n) is 5.63. The van der Waals surface area contributed by atoms with Gasteiger partial charge in [0.25, 0.3) is 5.91 Å². The summed E-state index contributed by atoms with van der Waals surface area (Å²) in [6, 6.07) is 7.78. The van der Waals surface area contributed by atoms with Crippen molar-refractivity contribution < 1.29 is 19.0 Å². The van der Waals surface area contributed by atoms with Crippen molar-refractivity contribution >= 4 is 5.91 Å². The minimum atomic E-state index is -1.30. The van der Waals surface area contributed by atoms with Crippen LogP contribution in [0.4, 0.5) is 4.39 Å². The summed E-state index contributed by atoms with van der Waals surface area (Å²) in [6.45, 7) is 7.08. The number of nitrogens with two attached hydrogens (primary N) is 1. The van der Waals surface area contributed by atoms with E-state index in [0.717, 1.165) is 0 Å².